The summed E-state index contributed by atoms with van der Waals surface area (Å²) < 4.78 is 0. The molecule has 1 N–H and O–H groups in total. The highest BCUT2D eigenvalue weighted by atomic mass is 15.1. The summed E-state index contributed by atoms with van der Waals surface area (Å²) in [5.41, 5.74) is 3.66. The Labute approximate surface area is 121 Å². The standard InChI is InChI=1S/C17H23N3/c1-3-18-13-16-12-17(10-11-19-16)20(4-2)14-15-8-6-5-7-9-15/h5-12,18H,3-4,13-14H2,1-2H3. The third-order valence-electron chi connectivity index (χ3n) is 3.32. The number of nitrogens with one attached hydrogen (secondary N) is 1. The second-order valence-corrected chi connectivity index (χ2v) is 4.79. The van der Waals surface area contributed by atoms with Gasteiger partial charge < -0.3 is 10.2 Å². The van der Waals surface area contributed by atoms with Gasteiger partial charge in [-0.25, -0.2) is 0 Å². The van der Waals surface area contributed by atoms with Crippen LogP contribution in [0.3, 0.4) is 0 Å². The molecule has 0 spiro atoms. The quantitative estimate of drug-likeness (QED) is 0.836. The molecule has 20 heavy (non-hydrogen) atoms. The zero-order chi connectivity index (χ0) is 14.2. The molecule has 3 heteroatoms. The summed E-state index contributed by atoms with van der Waals surface area (Å²) in [6.07, 6.45) is 1.90. The van der Waals surface area contributed by atoms with Crippen LogP contribution in [-0.4, -0.2) is 18.1 Å². The van der Waals surface area contributed by atoms with Gasteiger partial charge in [0.2, 0.25) is 0 Å². The molecule has 0 aliphatic rings. The van der Waals surface area contributed by atoms with Crippen molar-refractivity contribution >= 4 is 5.69 Å². The molecule has 0 saturated carbocycles. The zero-order valence-electron chi connectivity index (χ0n) is 12.3. The van der Waals surface area contributed by atoms with Crippen LogP contribution < -0.4 is 10.2 Å². The molecule has 2 rings (SSSR count). The molecule has 3 nitrogen and oxygen atoms in total. The smallest absolute Gasteiger partial charge is 0.0562 e. The molecule has 106 valence electrons. The Hall–Kier alpha value is -1.87. The van der Waals surface area contributed by atoms with E-state index in [0.717, 1.165) is 31.9 Å². The first kappa shape index (κ1) is 14.5. The highest BCUT2D eigenvalue weighted by Crippen LogP contribution is 2.17. The van der Waals surface area contributed by atoms with Gasteiger partial charge in [0.1, 0.15) is 0 Å². The second kappa shape index (κ2) is 7.65. The minimum absolute atomic E-state index is 0.827. The van der Waals surface area contributed by atoms with Gasteiger partial charge >= 0.3 is 0 Å². The molecule has 0 fully saturated rings. The maximum Gasteiger partial charge on any atom is 0.0562 e. The Bertz CT molecular complexity index is 511. The Kier molecular flexibility index (Phi) is 5.56. The normalized spacial score (nSPS) is 10.5. The molecular formula is C17H23N3. The van der Waals surface area contributed by atoms with Crippen LogP contribution in [0.15, 0.2) is 48.7 Å². The number of benzene rings is 1. The van der Waals surface area contributed by atoms with E-state index in [9.17, 15) is 0 Å². The third-order valence-corrected chi connectivity index (χ3v) is 3.32. The van der Waals surface area contributed by atoms with Crippen LogP contribution in [0.2, 0.25) is 0 Å². The van der Waals surface area contributed by atoms with Crippen LogP contribution in [0.25, 0.3) is 0 Å². The number of hydrogen-bond donors (Lipinski definition) is 1. The Morgan fingerprint density at radius 3 is 2.60 bits per heavy atom. The third kappa shape index (κ3) is 4.07. The van der Waals surface area contributed by atoms with E-state index in [4.69, 9.17) is 0 Å². The van der Waals surface area contributed by atoms with Crippen molar-refractivity contribution in [3.05, 3.63) is 59.9 Å². The summed E-state index contributed by atoms with van der Waals surface area (Å²) in [6.45, 7) is 8.01. The number of hydrogen-bond acceptors (Lipinski definition) is 3. The van der Waals surface area contributed by atoms with Gasteiger partial charge in [-0.05, 0) is 31.2 Å². The largest absolute Gasteiger partial charge is 0.367 e. The fourth-order valence-corrected chi connectivity index (χ4v) is 2.20. The number of aromatic nitrogens is 1. The monoisotopic (exact) mass is 269 g/mol. The van der Waals surface area contributed by atoms with E-state index < -0.39 is 0 Å². The van der Waals surface area contributed by atoms with Crippen molar-refractivity contribution in [3.8, 4) is 0 Å². The molecule has 0 aliphatic heterocycles. The lowest BCUT2D eigenvalue weighted by atomic mass is 10.2. The van der Waals surface area contributed by atoms with Crippen LogP contribution in [-0.2, 0) is 13.1 Å². The van der Waals surface area contributed by atoms with Crippen molar-refractivity contribution in [2.45, 2.75) is 26.9 Å². The van der Waals surface area contributed by atoms with E-state index in [2.05, 4.69) is 71.5 Å². The molecule has 1 heterocycles. The van der Waals surface area contributed by atoms with Gasteiger partial charge in [0.05, 0.1) is 5.69 Å². The maximum absolute atomic E-state index is 4.41. The lowest BCUT2D eigenvalue weighted by Gasteiger charge is -2.23. The molecular weight excluding hydrogens is 246 g/mol. The summed E-state index contributed by atoms with van der Waals surface area (Å²) in [4.78, 5) is 6.78. The predicted octanol–water partition coefficient (Wildman–Crippen LogP) is 3.22. The molecule has 0 atom stereocenters. The van der Waals surface area contributed by atoms with Crippen molar-refractivity contribution in [3.63, 3.8) is 0 Å². The van der Waals surface area contributed by atoms with Crippen molar-refractivity contribution in [1.82, 2.24) is 10.3 Å². The van der Waals surface area contributed by atoms with Crippen molar-refractivity contribution in [1.29, 1.82) is 0 Å². The van der Waals surface area contributed by atoms with Crippen molar-refractivity contribution < 1.29 is 0 Å². The topological polar surface area (TPSA) is 28.2 Å². The van der Waals surface area contributed by atoms with E-state index in [0.29, 0.717) is 0 Å². The molecule has 1 aromatic heterocycles. The van der Waals surface area contributed by atoms with Gasteiger partial charge in [-0.2, -0.15) is 0 Å². The number of nitrogens with zero attached hydrogens (tertiary/aromatic N) is 2. The highest BCUT2D eigenvalue weighted by Gasteiger charge is 2.06. The molecule has 0 amide bonds. The summed E-state index contributed by atoms with van der Waals surface area (Å²) in [5, 5.41) is 3.32. The maximum atomic E-state index is 4.41. The van der Waals surface area contributed by atoms with Crippen LogP contribution in [0.1, 0.15) is 25.1 Å². The average Bonchev–Trinajstić information content (AvgIpc) is 2.52. The molecule has 2 aromatic rings. The number of pyridine rings is 1. The second-order valence-electron chi connectivity index (χ2n) is 4.79. The highest BCUT2D eigenvalue weighted by molar-refractivity contribution is 5.47. The van der Waals surface area contributed by atoms with Crippen LogP contribution in [0.5, 0.6) is 0 Å². The minimum Gasteiger partial charge on any atom is -0.367 e. The SMILES string of the molecule is CCNCc1cc(N(CC)Cc2ccccc2)ccn1. The van der Waals surface area contributed by atoms with Crippen LogP contribution in [0.4, 0.5) is 5.69 Å². The first-order chi connectivity index (χ1) is 9.83. The van der Waals surface area contributed by atoms with Gasteiger partial charge in [-0.3, -0.25) is 4.98 Å². The summed E-state index contributed by atoms with van der Waals surface area (Å²) in [6, 6.07) is 14.8. The van der Waals surface area contributed by atoms with Crippen molar-refractivity contribution in [2.24, 2.45) is 0 Å². The molecule has 0 aliphatic carbocycles. The first-order valence-corrected chi connectivity index (χ1v) is 7.28. The average molecular weight is 269 g/mol. The predicted molar refractivity (Wildman–Crippen MR) is 84.8 cm³/mol. The van der Waals surface area contributed by atoms with E-state index >= 15 is 0 Å². The lowest BCUT2D eigenvalue weighted by Crippen LogP contribution is -2.22. The molecule has 0 radical (unpaired) electrons. The Morgan fingerprint density at radius 2 is 1.90 bits per heavy atom. The van der Waals surface area contributed by atoms with Gasteiger partial charge in [-0.1, -0.05) is 37.3 Å². The Morgan fingerprint density at radius 1 is 1.10 bits per heavy atom. The number of rotatable bonds is 7. The molecule has 0 unspecified atom stereocenters. The van der Waals surface area contributed by atoms with Gasteiger partial charge in [0.15, 0.2) is 0 Å². The molecule has 0 saturated heterocycles. The van der Waals surface area contributed by atoms with E-state index in [1.165, 1.54) is 11.3 Å². The van der Waals surface area contributed by atoms with Gasteiger partial charge in [-0.15, -0.1) is 0 Å². The lowest BCUT2D eigenvalue weighted by molar-refractivity contribution is 0.709. The minimum atomic E-state index is 0.827. The first-order valence-electron chi connectivity index (χ1n) is 7.28. The Balaban J connectivity index is 2.10. The molecule has 0 bridgehead atoms. The van der Waals surface area contributed by atoms with E-state index in [1.807, 2.05) is 6.20 Å². The van der Waals surface area contributed by atoms with Crippen molar-refractivity contribution in [2.75, 3.05) is 18.0 Å². The fraction of sp³-hybridized carbons (Fsp3) is 0.353. The van der Waals surface area contributed by atoms with Crippen LogP contribution in [0, 0.1) is 0 Å². The van der Waals surface area contributed by atoms with E-state index in [-0.39, 0.29) is 0 Å². The summed E-state index contributed by atoms with van der Waals surface area (Å²) >= 11 is 0. The van der Waals surface area contributed by atoms with Crippen LogP contribution >= 0.6 is 0 Å². The zero-order valence-corrected chi connectivity index (χ0v) is 12.3. The summed E-state index contributed by atoms with van der Waals surface area (Å²) in [7, 11) is 0. The number of anilines is 1. The molecule has 1 aromatic carbocycles. The van der Waals surface area contributed by atoms with Gasteiger partial charge in [0.25, 0.3) is 0 Å². The van der Waals surface area contributed by atoms with E-state index in [1.54, 1.807) is 0 Å². The van der Waals surface area contributed by atoms with Gasteiger partial charge in [0, 0.05) is 31.5 Å². The fourth-order valence-electron chi connectivity index (χ4n) is 2.20. The summed E-state index contributed by atoms with van der Waals surface area (Å²) in [5.74, 6) is 0.